The number of nitrogens with zero attached hydrogens (tertiary/aromatic N) is 5. The van der Waals surface area contributed by atoms with Gasteiger partial charge in [0.25, 0.3) is 0 Å². The summed E-state index contributed by atoms with van der Waals surface area (Å²) in [6, 6.07) is 5.91. The largest absolute Gasteiger partial charge is 0.300 e. The third-order valence-electron chi connectivity index (χ3n) is 3.94. The highest BCUT2D eigenvalue weighted by Gasteiger charge is 2.24. The van der Waals surface area contributed by atoms with Gasteiger partial charge in [-0.2, -0.15) is 5.10 Å². The molecule has 25 heavy (non-hydrogen) atoms. The molecule has 2 aromatic heterocycles. The fraction of sp³-hybridized carbons (Fsp3) is 0.267. The normalized spacial score (nSPS) is 12.6. The number of hydrogen-bond donors (Lipinski definition) is 0. The first-order valence-electron chi connectivity index (χ1n) is 7.26. The van der Waals surface area contributed by atoms with Crippen LogP contribution in [0, 0.1) is 6.92 Å². The molecule has 1 aliphatic rings. The lowest BCUT2D eigenvalue weighted by Gasteiger charge is -2.08. The maximum atomic E-state index is 11.6. The van der Waals surface area contributed by atoms with Gasteiger partial charge in [0, 0.05) is 16.3 Å². The molecule has 0 N–H and O–H groups in total. The van der Waals surface area contributed by atoms with E-state index >= 15 is 0 Å². The van der Waals surface area contributed by atoms with E-state index in [1.165, 1.54) is 6.26 Å². The van der Waals surface area contributed by atoms with E-state index in [1.807, 2.05) is 29.7 Å². The fourth-order valence-corrected chi connectivity index (χ4v) is 3.85. The first kappa shape index (κ1) is 18.1. The Hall–Kier alpha value is -1.71. The molecular weight excluding hydrogens is 430 g/mol. The van der Waals surface area contributed by atoms with Crippen LogP contribution < -0.4 is 0 Å². The van der Waals surface area contributed by atoms with Crippen molar-refractivity contribution in [2.45, 2.75) is 19.2 Å². The molecule has 0 atom stereocenters. The molecule has 0 saturated carbocycles. The summed E-state index contributed by atoms with van der Waals surface area (Å²) in [4.78, 5) is 8.88. The lowest BCUT2D eigenvalue weighted by molar-refractivity contribution is 0.598. The number of sulfone groups is 1. The monoisotopic (exact) mass is 443 g/mol. The van der Waals surface area contributed by atoms with Crippen molar-refractivity contribution < 1.29 is 8.42 Å². The molecule has 4 rings (SSSR count). The molecule has 7 nitrogen and oxygen atoms in total. The second-order valence-corrected chi connectivity index (χ2v) is 8.94. The molecule has 132 valence electrons. The van der Waals surface area contributed by atoms with Crippen LogP contribution in [0.3, 0.4) is 0 Å². The molecular formula is C15H15BrClN5O2S. The molecule has 1 aromatic carbocycles. The summed E-state index contributed by atoms with van der Waals surface area (Å²) in [5.74, 6) is 0.797. The van der Waals surface area contributed by atoms with Crippen LogP contribution >= 0.6 is 28.3 Å². The second kappa shape index (κ2) is 6.22. The minimum Gasteiger partial charge on any atom is -0.300 e. The van der Waals surface area contributed by atoms with Crippen LogP contribution in [0.25, 0.3) is 17.1 Å². The van der Waals surface area contributed by atoms with E-state index in [0.717, 1.165) is 27.1 Å². The number of halogens is 2. The molecule has 0 bridgehead atoms. The van der Waals surface area contributed by atoms with E-state index in [2.05, 4.69) is 31.0 Å². The summed E-state index contributed by atoms with van der Waals surface area (Å²) in [7, 11) is -3.19. The van der Waals surface area contributed by atoms with Gasteiger partial charge in [-0.05, 0) is 25.1 Å². The minimum absolute atomic E-state index is 0. The van der Waals surface area contributed by atoms with E-state index in [0.29, 0.717) is 18.2 Å². The number of aryl methyl sites for hydroxylation is 1. The van der Waals surface area contributed by atoms with Crippen LogP contribution in [-0.2, 0) is 22.1 Å². The summed E-state index contributed by atoms with van der Waals surface area (Å²) in [6.45, 7) is 2.44. The Morgan fingerprint density at radius 1 is 1.32 bits per heavy atom. The minimum atomic E-state index is -3.19. The van der Waals surface area contributed by atoms with E-state index in [9.17, 15) is 8.42 Å². The van der Waals surface area contributed by atoms with Crippen molar-refractivity contribution in [3.05, 3.63) is 46.2 Å². The molecule has 0 fully saturated rings. The average molecular weight is 445 g/mol. The molecule has 10 heteroatoms. The Morgan fingerprint density at radius 3 is 2.80 bits per heavy atom. The Morgan fingerprint density at radius 2 is 2.08 bits per heavy atom. The predicted molar refractivity (Wildman–Crippen MR) is 99.9 cm³/mol. The maximum absolute atomic E-state index is 11.6. The highest BCUT2D eigenvalue weighted by Crippen LogP contribution is 2.33. The smallest absolute Gasteiger partial charge is 0.166 e. The van der Waals surface area contributed by atoms with Gasteiger partial charge in [-0.1, -0.05) is 15.9 Å². The van der Waals surface area contributed by atoms with Crippen molar-refractivity contribution >= 4 is 38.2 Å². The van der Waals surface area contributed by atoms with Gasteiger partial charge < -0.3 is 4.57 Å². The molecule has 0 saturated heterocycles. The quantitative estimate of drug-likeness (QED) is 0.474. The molecule has 0 spiro atoms. The first-order chi connectivity index (χ1) is 11.3. The fourth-order valence-electron chi connectivity index (χ4n) is 2.89. The Labute approximate surface area is 159 Å². The van der Waals surface area contributed by atoms with Gasteiger partial charge >= 0.3 is 0 Å². The van der Waals surface area contributed by atoms with Crippen molar-refractivity contribution in [3.63, 3.8) is 0 Å². The molecule has 0 radical (unpaired) electrons. The Kier molecular flexibility index (Phi) is 4.50. The number of fused-ring (bicyclic) bond motifs is 5. The average Bonchev–Trinajstić information content (AvgIpc) is 2.99. The summed E-state index contributed by atoms with van der Waals surface area (Å²) in [5.41, 5.74) is 3.75. The zero-order chi connectivity index (χ0) is 17.1. The van der Waals surface area contributed by atoms with Crippen LogP contribution in [0.2, 0.25) is 0 Å². The zero-order valence-electron chi connectivity index (χ0n) is 13.5. The molecule has 1 aliphatic heterocycles. The summed E-state index contributed by atoms with van der Waals surface area (Å²) in [6.07, 6.45) is 2.98. The van der Waals surface area contributed by atoms with Crippen LogP contribution in [0.15, 0.2) is 29.0 Å². The number of benzene rings is 1. The van der Waals surface area contributed by atoms with Gasteiger partial charge in [-0.15, -0.1) is 12.4 Å². The van der Waals surface area contributed by atoms with Crippen molar-refractivity contribution in [1.29, 1.82) is 0 Å². The Balaban J connectivity index is 0.00000182. The van der Waals surface area contributed by atoms with Crippen molar-refractivity contribution in [2.75, 3.05) is 6.26 Å². The molecule has 0 unspecified atom stereocenters. The van der Waals surface area contributed by atoms with Gasteiger partial charge in [0.2, 0.25) is 0 Å². The first-order valence-corrected chi connectivity index (χ1v) is 10.1. The molecule has 0 amide bonds. The topological polar surface area (TPSA) is 82.7 Å². The Bertz CT molecular complexity index is 1070. The maximum Gasteiger partial charge on any atom is 0.166 e. The van der Waals surface area contributed by atoms with Gasteiger partial charge in [0.05, 0.1) is 29.9 Å². The van der Waals surface area contributed by atoms with Crippen LogP contribution in [0.4, 0.5) is 0 Å². The summed E-state index contributed by atoms with van der Waals surface area (Å²) >= 11 is 3.49. The zero-order valence-corrected chi connectivity index (χ0v) is 16.7. The van der Waals surface area contributed by atoms with Gasteiger partial charge in [0.1, 0.15) is 5.75 Å². The number of rotatable bonds is 2. The molecule has 0 aliphatic carbocycles. The second-order valence-electron chi connectivity index (χ2n) is 5.89. The molecule has 3 aromatic rings. The third-order valence-corrected chi connectivity index (χ3v) is 5.22. The van der Waals surface area contributed by atoms with E-state index < -0.39 is 9.84 Å². The van der Waals surface area contributed by atoms with Gasteiger partial charge in [-0.3, -0.25) is 0 Å². The summed E-state index contributed by atoms with van der Waals surface area (Å²) in [5, 5.41) is 4.41. The lowest BCUT2D eigenvalue weighted by atomic mass is 10.1. The van der Waals surface area contributed by atoms with E-state index in [4.69, 9.17) is 0 Å². The highest BCUT2D eigenvalue weighted by atomic mass is 79.9. The van der Waals surface area contributed by atoms with Crippen LogP contribution in [0.1, 0.15) is 17.2 Å². The number of aromatic nitrogens is 5. The highest BCUT2D eigenvalue weighted by molar-refractivity contribution is 9.10. The van der Waals surface area contributed by atoms with Crippen molar-refractivity contribution in [3.8, 4) is 17.1 Å². The van der Waals surface area contributed by atoms with Crippen molar-refractivity contribution in [1.82, 2.24) is 24.3 Å². The SMILES string of the molecule is Cc1ncn2c1Cn1nc(CS(C)(=O)=O)nc1-c1cc(Br)ccc1-2.Cl. The summed E-state index contributed by atoms with van der Waals surface area (Å²) < 4.78 is 27.9. The van der Waals surface area contributed by atoms with Crippen LogP contribution in [0.5, 0.6) is 0 Å². The van der Waals surface area contributed by atoms with E-state index in [-0.39, 0.29) is 18.2 Å². The van der Waals surface area contributed by atoms with E-state index in [1.54, 1.807) is 11.0 Å². The number of imidazole rings is 1. The third kappa shape index (κ3) is 3.23. The lowest BCUT2D eigenvalue weighted by Crippen LogP contribution is -2.07. The standard InChI is InChI=1S/C15H14BrN5O2S.ClH/c1-9-13-6-21-15(18-14(19-21)7-24(2,22)23)11-5-10(16)3-4-12(11)20(13)8-17-9;/h3-5,8H,6-7H2,1-2H3;1H. The molecule has 3 heterocycles. The number of hydrogen-bond acceptors (Lipinski definition) is 5. The van der Waals surface area contributed by atoms with Crippen molar-refractivity contribution in [2.24, 2.45) is 0 Å². The van der Waals surface area contributed by atoms with Gasteiger partial charge in [0.15, 0.2) is 21.5 Å². The van der Waals surface area contributed by atoms with Crippen LogP contribution in [-0.4, -0.2) is 39.0 Å². The van der Waals surface area contributed by atoms with Gasteiger partial charge in [-0.25, -0.2) is 23.1 Å². The predicted octanol–water partition coefficient (Wildman–Crippen LogP) is 2.53.